The number of aromatic nitrogens is 2. The number of anilines is 1. The molecule has 1 aromatic heterocycles. The molecule has 0 saturated heterocycles. The first-order chi connectivity index (χ1) is 15.5. The fraction of sp³-hybridized carbons (Fsp3) is 0.120. The molecule has 0 fully saturated rings. The second-order valence-corrected chi connectivity index (χ2v) is 8.52. The van der Waals surface area contributed by atoms with Gasteiger partial charge in [-0.1, -0.05) is 71.4 Å². The Morgan fingerprint density at radius 3 is 2.53 bits per heavy atom. The summed E-state index contributed by atoms with van der Waals surface area (Å²) in [5.41, 5.74) is 4.57. The molecule has 4 aromatic rings. The van der Waals surface area contributed by atoms with Crippen LogP contribution in [0.25, 0.3) is 16.9 Å². The summed E-state index contributed by atoms with van der Waals surface area (Å²) in [4.78, 5) is 17.3. The minimum atomic E-state index is -0.0950. The molecule has 7 heteroatoms. The number of carbonyl (C=O) groups is 1. The number of rotatable bonds is 7. The first-order valence-corrected chi connectivity index (χ1v) is 11.4. The number of benzene rings is 3. The van der Waals surface area contributed by atoms with E-state index >= 15 is 0 Å². The summed E-state index contributed by atoms with van der Waals surface area (Å²) in [6.07, 6.45) is 1.95. The van der Waals surface area contributed by atoms with E-state index in [9.17, 15) is 4.79 Å². The van der Waals surface area contributed by atoms with Gasteiger partial charge in [-0.2, -0.15) is 0 Å². The van der Waals surface area contributed by atoms with Crippen molar-refractivity contribution in [1.29, 1.82) is 0 Å². The molecular weight excluding hydrogens is 442 g/mol. The van der Waals surface area contributed by atoms with Crippen molar-refractivity contribution >= 4 is 35.0 Å². The molecular formula is C25H22ClN3O2S. The highest BCUT2D eigenvalue weighted by molar-refractivity contribution is 7.99. The zero-order chi connectivity index (χ0) is 22.5. The van der Waals surface area contributed by atoms with Crippen LogP contribution in [-0.4, -0.2) is 28.3 Å². The minimum absolute atomic E-state index is 0.0950. The fourth-order valence-electron chi connectivity index (χ4n) is 3.17. The van der Waals surface area contributed by atoms with Gasteiger partial charge in [0.2, 0.25) is 5.91 Å². The van der Waals surface area contributed by atoms with Gasteiger partial charge < -0.3 is 10.1 Å². The summed E-state index contributed by atoms with van der Waals surface area (Å²) in [7, 11) is 1.58. The molecule has 0 bridgehead atoms. The Bertz CT molecular complexity index is 1220. The van der Waals surface area contributed by atoms with Gasteiger partial charge in [0.25, 0.3) is 0 Å². The van der Waals surface area contributed by atoms with Gasteiger partial charge in [-0.25, -0.2) is 4.98 Å². The van der Waals surface area contributed by atoms with Crippen LogP contribution < -0.4 is 10.1 Å². The molecule has 0 aliphatic rings. The quantitative estimate of drug-likeness (QED) is 0.329. The van der Waals surface area contributed by atoms with Gasteiger partial charge in [0.15, 0.2) is 5.16 Å². The van der Waals surface area contributed by atoms with Crippen LogP contribution in [0.2, 0.25) is 5.02 Å². The number of halogens is 1. The number of nitrogens with one attached hydrogen (secondary N) is 1. The summed E-state index contributed by atoms with van der Waals surface area (Å²) in [5.74, 6) is 0.733. The van der Waals surface area contributed by atoms with Crippen LogP contribution >= 0.6 is 23.4 Å². The van der Waals surface area contributed by atoms with Crippen LogP contribution in [0, 0.1) is 6.92 Å². The highest BCUT2D eigenvalue weighted by atomic mass is 35.5. The van der Waals surface area contributed by atoms with Gasteiger partial charge in [0.1, 0.15) is 5.75 Å². The number of nitrogens with zero attached hydrogens (tertiary/aromatic N) is 2. The Morgan fingerprint density at radius 1 is 1.09 bits per heavy atom. The number of amides is 1. The predicted octanol–water partition coefficient (Wildman–Crippen LogP) is 6.24. The van der Waals surface area contributed by atoms with Crippen LogP contribution in [0.5, 0.6) is 5.75 Å². The monoisotopic (exact) mass is 463 g/mol. The highest BCUT2D eigenvalue weighted by Gasteiger charge is 2.15. The third-order valence-electron chi connectivity index (χ3n) is 4.82. The molecule has 0 radical (unpaired) electrons. The Balaban J connectivity index is 1.59. The van der Waals surface area contributed by atoms with Crippen molar-refractivity contribution < 1.29 is 9.53 Å². The molecule has 0 aliphatic heterocycles. The molecule has 1 N–H and O–H groups in total. The van der Waals surface area contributed by atoms with Crippen molar-refractivity contribution in [3.63, 3.8) is 0 Å². The lowest BCUT2D eigenvalue weighted by atomic mass is 10.2. The second kappa shape index (κ2) is 9.94. The van der Waals surface area contributed by atoms with Gasteiger partial charge in [-0.3, -0.25) is 9.36 Å². The van der Waals surface area contributed by atoms with E-state index in [1.165, 1.54) is 11.8 Å². The van der Waals surface area contributed by atoms with E-state index in [1.54, 1.807) is 7.11 Å². The molecule has 1 amide bonds. The highest BCUT2D eigenvalue weighted by Crippen LogP contribution is 2.31. The van der Waals surface area contributed by atoms with Crippen molar-refractivity contribution in [2.45, 2.75) is 12.1 Å². The summed E-state index contributed by atoms with van der Waals surface area (Å²) >= 11 is 7.72. The van der Waals surface area contributed by atoms with Gasteiger partial charge in [0, 0.05) is 23.1 Å². The lowest BCUT2D eigenvalue weighted by molar-refractivity contribution is -0.113. The molecule has 0 aliphatic carbocycles. The van der Waals surface area contributed by atoms with Crippen molar-refractivity contribution in [1.82, 2.24) is 9.55 Å². The van der Waals surface area contributed by atoms with Crippen LogP contribution in [0.15, 0.2) is 84.1 Å². The molecule has 32 heavy (non-hydrogen) atoms. The van der Waals surface area contributed by atoms with E-state index in [4.69, 9.17) is 21.3 Å². The maximum Gasteiger partial charge on any atom is 0.234 e. The van der Waals surface area contributed by atoms with Gasteiger partial charge in [0.05, 0.1) is 23.6 Å². The van der Waals surface area contributed by atoms with E-state index in [2.05, 4.69) is 5.32 Å². The first-order valence-electron chi connectivity index (χ1n) is 10.0. The van der Waals surface area contributed by atoms with Gasteiger partial charge >= 0.3 is 0 Å². The lowest BCUT2D eigenvalue weighted by Crippen LogP contribution is -2.14. The van der Waals surface area contributed by atoms with Crippen LogP contribution in [-0.2, 0) is 4.79 Å². The van der Waals surface area contributed by atoms with Crippen LogP contribution in [0.4, 0.5) is 5.69 Å². The molecule has 1 heterocycles. The number of aryl methyl sites for hydroxylation is 1. The van der Waals surface area contributed by atoms with Crippen molar-refractivity contribution in [2.75, 3.05) is 18.2 Å². The molecule has 0 saturated carbocycles. The Hall–Kier alpha value is -3.22. The topological polar surface area (TPSA) is 56.2 Å². The van der Waals surface area contributed by atoms with E-state index in [1.807, 2.05) is 90.5 Å². The number of imidazole rings is 1. The van der Waals surface area contributed by atoms with E-state index in [-0.39, 0.29) is 11.7 Å². The van der Waals surface area contributed by atoms with Crippen LogP contribution in [0.1, 0.15) is 5.56 Å². The zero-order valence-corrected chi connectivity index (χ0v) is 19.3. The average Bonchev–Trinajstić information content (AvgIpc) is 3.24. The molecule has 4 rings (SSSR count). The van der Waals surface area contributed by atoms with Crippen molar-refractivity contribution in [3.8, 4) is 22.7 Å². The SMILES string of the molecule is COc1ccc(-n2cc(-c3ccccc3)nc2SCC(=O)Nc2ccc(C)cc2)cc1Cl. The third kappa shape index (κ3) is 5.15. The van der Waals surface area contributed by atoms with E-state index in [0.717, 1.165) is 28.2 Å². The number of hydrogen-bond donors (Lipinski definition) is 1. The molecule has 3 aromatic carbocycles. The second-order valence-electron chi connectivity index (χ2n) is 7.17. The fourth-order valence-corrected chi connectivity index (χ4v) is 4.21. The first kappa shape index (κ1) is 22.0. The summed E-state index contributed by atoms with van der Waals surface area (Å²) in [5, 5.41) is 4.13. The Morgan fingerprint density at radius 2 is 1.84 bits per heavy atom. The summed E-state index contributed by atoms with van der Waals surface area (Å²) in [6.45, 7) is 2.01. The predicted molar refractivity (Wildman–Crippen MR) is 131 cm³/mol. The maximum absolute atomic E-state index is 12.5. The molecule has 5 nitrogen and oxygen atoms in total. The standard InChI is InChI=1S/C25H22ClN3O2S/c1-17-8-10-19(11-9-17)27-24(30)16-32-25-28-22(18-6-4-3-5-7-18)15-29(25)20-12-13-23(31-2)21(26)14-20/h3-15H,16H2,1-2H3,(H,27,30). The number of methoxy groups -OCH3 is 1. The maximum atomic E-state index is 12.5. The number of hydrogen-bond acceptors (Lipinski definition) is 4. The molecule has 0 atom stereocenters. The van der Waals surface area contributed by atoms with Crippen molar-refractivity contribution in [2.24, 2.45) is 0 Å². The van der Waals surface area contributed by atoms with E-state index in [0.29, 0.717) is 15.9 Å². The average molecular weight is 464 g/mol. The van der Waals surface area contributed by atoms with Crippen molar-refractivity contribution in [3.05, 3.63) is 89.6 Å². The molecule has 0 spiro atoms. The molecule has 0 unspecified atom stereocenters. The van der Waals surface area contributed by atoms with Crippen LogP contribution in [0.3, 0.4) is 0 Å². The van der Waals surface area contributed by atoms with E-state index < -0.39 is 0 Å². The normalized spacial score (nSPS) is 10.7. The largest absolute Gasteiger partial charge is 0.495 e. The Labute approximate surface area is 196 Å². The number of thioether (sulfide) groups is 1. The number of carbonyl (C=O) groups excluding carboxylic acids is 1. The molecule has 162 valence electrons. The van der Waals surface area contributed by atoms with Gasteiger partial charge in [-0.15, -0.1) is 0 Å². The zero-order valence-electron chi connectivity index (χ0n) is 17.7. The summed E-state index contributed by atoms with van der Waals surface area (Å²) in [6, 6.07) is 23.2. The summed E-state index contributed by atoms with van der Waals surface area (Å²) < 4.78 is 7.21. The number of ether oxygens (including phenoxy) is 1. The van der Waals surface area contributed by atoms with Gasteiger partial charge in [-0.05, 0) is 37.3 Å². The lowest BCUT2D eigenvalue weighted by Gasteiger charge is -2.10. The third-order valence-corrected chi connectivity index (χ3v) is 6.07. The smallest absolute Gasteiger partial charge is 0.234 e. The minimum Gasteiger partial charge on any atom is -0.495 e. The Kier molecular flexibility index (Phi) is 6.83.